The van der Waals surface area contributed by atoms with Crippen LogP contribution in [0.1, 0.15) is 39.4 Å². The van der Waals surface area contributed by atoms with Crippen molar-refractivity contribution in [1.82, 2.24) is 5.06 Å². The molecule has 0 saturated heterocycles. The topological polar surface area (TPSA) is 51.2 Å². The fourth-order valence-corrected chi connectivity index (χ4v) is 4.31. The molecule has 5 nitrogen and oxygen atoms in total. The second kappa shape index (κ2) is 8.69. The molecule has 0 aromatic heterocycles. The van der Waals surface area contributed by atoms with E-state index in [2.05, 4.69) is 37.3 Å². The first-order chi connectivity index (χ1) is 15.6. The number of aryl methyl sites for hydroxylation is 2. The number of hydroxylamine groups is 2. The lowest BCUT2D eigenvalue weighted by molar-refractivity contribution is -0.119. The Hall–Kier alpha value is -3.28. The van der Waals surface area contributed by atoms with E-state index in [4.69, 9.17) is 14.2 Å². The standard InChI is InChI=1S/C27H27NO4/c1-18-13-26-27(32-17-31-26)14-21(18)8-9-24-23-12-19(2)25(15-22(23)10-11-28(24)29)30-16-20-6-4-3-5-7-20/h3-9,12-15,24,29H,10-11,16-17H2,1-2H3/b9-8+. The smallest absolute Gasteiger partial charge is 0.231 e. The Balaban J connectivity index is 1.40. The molecule has 32 heavy (non-hydrogen) atoms. The van der Waals surface area contributed by atoms with E-state index < -0.39 is 0 Å². The molecule has 1 N–H and O–H groups in total. The molecule has 0 saturated carbocycles. The minimum absolute atomic E-state index is 0.217. The second-order valence-electron chi connectivity index (χ2n) is 8.37. The highest BCUT2D eigenvalue weighted by molar-refractivity contribution is 5.61. The first kappa shape index (κ1) is 20.6. The van der Waals surface area contributed by atoms with Gasteiger partial charge in [-0.15, -0.1) is 0 Å². The Bertz CT molecular complexity index is 1160. The zero-order valence-corrected chi connectivity index (χ0v) is 18.4. The van der Waals surface area contributed by atoms with Gasteiger partial charge in [-0.3, -0.25) is 0 Å². The second-order valence-corrected chi connectivity index (χ2v) is 8.37. The molecule has 5 rings (SSSR count). The highest BCUT2D eigenvalue weighted by atomic mass is 16.7. The van der Waals surface area contributed by atoms with Crippen molar-refractivity contribution >= 4 is 6.08 Å². The largest absolute Gasteiger partial charge is 0.489 e. The van der Waals surface area contributed by atoms with Gasteiger partial charge in [-0.05, 0) is 71.8 Å². The highest BCUT2D eigenvalue weighted by Gasteiger charge is 2.26. The van der Waals surface area contributed by atoms with Crippen molar-refractivity contribution in [3.63, 3.8) is 0 Å². The third-order valence-electron chi connectivity index (χ3n) is 6.14. The van der Waals surface area contributed by atoms with Gasteiger partial charge in [-0.1, -0.05) is 48.6 Å². The van der Waals surface area contributed by atoms with Gasteiger partial charge in [0.25, 0.3) is 0 Å². The van der Waals surface area contributed by atoms with Gasteiger partial charge in [-0.25, -0.2) is 0 Å². The summed E-state index contributed by atoms with van der Waals surface area (Å²) in [5.41, 5.74) is 6.68. The van der Waals surface area contributed by atoms with E-state index in [0.717, 1.165) is 51.5 Å². The summed E-state index contributed by atoms with van der Waals surface area (Å²) in [6.45, 7) is 5.48. The van der Waals surface area contributed by atoms with Crippen molar-refractivity contribution in [3.8, 4) is 17.2 Å². The van der Waals surface area contributed by atoms with Crippen LogP contribution in [0.2, 0.25) is 0 Å². The van der Waals surface area contributed by atoms with Crippen LogP contribution in [0.15, 0.2) is 60.7 Å². The molecule has 1 unspecified atom stereocenters. The molecule has 164 valence electrons. The minimum Gasteiger partial charge on any atom is -0.489 e. The van der Waals surface area contributed by atoms with Crippen LogP contribution in [0.25, 0.3) is 6.08 Å². The summed E-state index contributed by atoms with van der Waals surface area (Å²) in [4.78, 5) is 0. The normalized spacial score (nSPS) is 17.5. The molecule has 0 amide bonds. The van der Waals surface area contributed by atoms with Crippen molar-refractivity contribution in [1.29, 1.82) is 0 Å². The summed E-state index contributed by atoms with van der Waals surface area (Å²) in [5, 5.41) is 12.0. The average Bonchev–Trinajstić information content (AvgIpc) is 3.25. The van der Waals surface area contributed by atoms with Crippen LogP contribution in [0.4, 0.5) is 0 Å². The molecular formula is C27H27NO4. The van der Waals surface area contributed by atoms with E-state index in [1.54, 1.807) is 0 Å². The van der Waals surface area contributed by atoms with Gasteiger partial charge >= 0.3 is 0 Å². The molecule has 1 atom stereocenters. The number of hydrogen-bond donors (Lipinski definition) is 1. The number of hydrogen-bond acceptors (Lipinski definition) is 5. The van der Waals surface area contributed by atoms with Crippen molar-refractivity contribution in [3.05, 3.63) is 94.1 Å². The molecule has 2 aliphatic rings. The van der Waals surface area contributed by atoms with Crippen molar-refractivity contribution in [2.24, 2.45) is 0 Å². The van der Waals surface area contributed by atoms with Gasteiger partial charge in [0.05, 0.1) is 6.04 Å². The summed E-state index contributed by atoms with van der Waals surface area (Å²) in [7, 11) is 0. The summed E-state index contributed by atoms with van der Waals surface area (Å²) in [6, 6.07) is 18.2. The molecule has 0 fully saturated rings. The average molecular weight is 430 g/mol. The van der Waals surface area contributed by atoms with Crippen molar-refractivity contribution in [2.75, 3.05) is 13.3 Å². The van der Waals surface area contributed by atoms with Crippen LogP contribution >= 0.6 is 0 Å². The van der Waals surface area contributed by atoms with Crippen molar-refractivity contribution < 1.29 is 19.4 Å². The predicted molar refractivity (Wildman–Crippen MR) is 123 cm³/mol. The molecule has 2 aliphatic heterocycles. The van der Waals surface area contributed by atoms with Gasteiger partial charge in [0, 0.05) is 6.54 Å². The predicted octanol–water partition coefficient (Wildman–Crippen LogP) is 5.61. The van der Waals surface area contributed by atoms with Crippen LogP contribution < -0.4 is 14.2 Å². The molecule has 0 bridgehead atoms. The van der Waals surface area contributed by atoms with Gasteiger partial charge in [0.1, 0.15) is 12.4 Å². The lowest BCUT2D eigenvalue weighted by Gasteiger charge is -2.31. The van der Waals surface area contributed by atoms with E-state index in [1.165, 1.54) is 10.6 Å². The molecule has 3 aromatic rings. The van der Waals surface area contributed by atoms with Gasteiger partial charge in [0.15, 0.2) is 11.5 Å². The lowest BCUT2D eigenvalue weighted by Crippen LogP contribution is -2.31. The monoisotopic (exact) mass is 429 g/mol. The number of benzene rings is 3. The summed E-state index contributed by atoms with van der Waals surface area (Å²) in [5.74, 6) is 2.44. The first-order valence-corrected chi connectivity index (χ1v) is 10.9. The Kier molecular flexibility index (Phi) is 5.60. The maximum absolute atomic E-state index is 10.6. The summed E-state index contributed by atoms with van der Waals surface area (Å²) in [6.07, 6.45) is 4.88. The van der Waals surface area contributed by atoms with E-state index >= 15 is 0 Å². The molecule has 5 heteroatoms. The third kappa shape index (κ3) is 4.09. The summed E-state index contributed by atoms with van der Waals surface area (Å²) < 4.78 is 17.1. The maximum atomic E-state index is 10.6. The van der Waals surface area contributed by atoms with Crippen molar-refractivity contribution in [2.45, 2.75) is 32.9 Å². The fourth-order valence-electron chi connectivity index (χ4n) is 4.31. The number of ether oxygens (including phenoxy) is 3. The number of rotatable bonds is 5. The van der Waals surface area contributed by atoms with Gasteiger partial charge < -0.3 is 19.4 Å². The zero-order chi connectivity index (χ0) is 22.1. The fraction of sp³-hybridized carbons (Fsp3) is 0.259. The lowest BCUT2D eigenvalue weighted by atomic mass is 9.91. The van der Waals surface area contributed by atoms with Crippen LogP contribution in [-0.4, -0.2) is 23.6 Å². The number of nitrogens with zero attached hydrogens (tertiary/aromatic N) is 1. The zero-order valence-electron chi connectivity index (χ0n) is 18.4. The van der Waals surface area contributed by atoms with Crippen LogP contribution in [0.3, 0.4) is 0 Å². The summed E-state index contributed by atoms with van der Waals surface area (Å²) >= 11 is 0. The van der Waals surface area contributed by atoms with Gasteiger partial charge in [0.2, 0.25) is 6.79 Å². The van der Waals surface area contributed by atoms with E-state index in [9.17, 15) is 5.21 Å². The Labute approximate surface area is 188 Å². The van der Waals surface area contributed by atoms with E-state index in [0.29, 0.717) is 13.2 Å². The Morgan fingerprint density at radius 2 is 1.81 bits per heavy atom. The molecular weight excluding hydrogens is 402 g/mol. The van der Waals surface area contributed by atoms with E-state index in [-0.39, 0.29) is 12.8 Å². The molecule has 0 radical (unpaired) electrons. The first-order valence-electron chi connectivity index (χ1n) is 10.9. The third-order valence-corrected chi connectivity index (χ3v) is 6.14. The Morgan fingerprint density at radius 1 is 1.03 bits per heavy atom. The molecule has 0 spiro atoms. The van der Waals surface area contributed by atoms with Gasteiger partial charge in [-0.2, -0.15) is 5.06 Å². The van der Waals surface area contributed by atoms with Crippen LogP contribution in [0.5, 0.6) is 17.2 Å². The molecule has 2 heterocycles. The Morgan fingerprint density at radius 3 is 2.62 bits per heavy atom. The highest BCUT2D eigenvalue weighted by Crippen LogP contribution is 2.37. The van der Waals surface area contributed by atoms with Crippen LogP contribution in [-0.2, 0) is 13.0 Å². The maximum Gasteiger partial charge on any atom is 0.231 e. The molecule has 0 aliphatic carbocycles. The quantitative estimate of drug-likeness (QED) is 0.571. The van der Waals surface area contributed by atoms with E-state index in [1.807, 2.05) is 43.3 Å². The minimum atomic E-state index is -0.217. The number of fused-ring (bicyclic) bond motifs is 2. The molecule has 3 aromatic carbocycles. The van der Waals surface area contributed by atoms with Crippen LogP contribution in [0, 0.1) is 13.8 Å². The SMILES string of the molecule is Cc1cc2c(cc1/C=C/C1c3cc(C)c(OCc4ccccc4)cc3CCN1O)OCO2.